The molecule has 0 aromatic heterocycles. The van der Waals surface area contributed by atoms with Crippen LogP contribution in [0, 0.1) is 5.82 Å². The van der Waals surface area contributed by atoms with E-state index in [-0.39, 0.29) is 11.6 Å². The quantitative estimate of drug-likeness (QED) is 0.602. The normalized spacial score (nSPS) is 10.4. The molecule has 0 amide bonds. The number of unbranched alkanes of at least 4 members (excludes halogenated alkanes) is 1. The number of hydrogen-bond acceptors (Lipinski definition) is 3. The second-order valence-corrected chi connectivity index (χ2v) is 5.50. The highest BCUT2D eigenvalue weighted by molar-refractivity contribution is 7.99. The van der Waals surface area contributed by atoms with Crippen LogP contribution in [0.15, 0.2) is 53.4 Å². The lowest BCUT2D eigenvalue weighted by molar-refractivity contribution is 0.294. The molecule has 0 aliphatic carbocycles. The first-order valence-electron chi connectivity index (χ1n) is 6.55. The second-order valence-electron chi connectivity index (χ2n) is 4.33. The summed E-state index contributed by atoms with van der Waals surface area (Å²) in [5, 5.41) is 9.17. The number of hydrogen-bond donors (Lipinski definition) is 1. The average molecular weight is 292 g/mol. The van der Waals surface area contributed by atoms with Gasteiger partial charge in [0.2, 0.25) is 0 Å². The maximum absolute atomic E-state index is 13.3. The fraction of sp³-hybridized carbons (Fsp3) is 0.250. The van der Waals surface area contributed by atoms with Crippen LogP contribution in [0.1, 0.15) is 12.8 Å². The van der Waals surface area contributed by atoms with E-state index in [2.05, 4.69) is 0 Å². The van der Waals surface area contributed by atoms with Gasteiger partial charge in [-0.25, -0.2) is 4.39 Å². The second kappa shape index (κ2) is 7.80. The predicted molar refractivity (Wildman–Crippen MR) is 80.0 cm³/mol. The Morgan fingerprint density at radius 1 is 1.00 bits per heavy atom. The first-order chi connectivity index (χ1) is 9.75. The third-order valence-corrected chi connectivity index (χ3v) is 3.84. The molecule has 2 nitrogen and oxygen atoms in total. The molecule has 2 aromatic rings. The van der Waals surface area contributed by atoms with Crippen molar-refractivity contribution in [3.63, 3.8) is 0 Å². The summed E-state index contributed by atoms with van der Waals surface area (Å²) in [5.41, 5.74) is 0. The SMILES string of the molecule is Oc1ccc(SCCCCOc2ccccc2F)cc1. The maximum atomic E-state index is 13.3. The highest BCUT2D eigenvalue weighted by Gasteiger charge is 2.00. The number of phenols is 1. The van der Waals surface area contributed by atoms with Gasteiger partial charge in [-0.15, -0.1) is 11.8 Å². The zero-order valence-electron chi connectivity index (χ0n) is 11.1. The Kier molecular flexibility index (Phi) is 5.74. The monoisotopic (exact) mass is 292 g/mol. The summed E-state index contributed by atoms with van der Waals surface area (Å²) < 4.78 is 18.7. The van der Waals surface area contributed by atoms with Crippen molar-refractivity contribution in [2.45, 2.75) is 17.7 Å². The number of benzene rings is 2. The van der Waals surface area contributed by atoms with Crippen molar-refractivity contribution in [2.24, 2.45) is 0 Å². The Hall–Kier alpha value is -1.68. The Morgan fingerprint density at radius 3 is 2.50 bits per heavy atom. The van der Waals surface area contributed by atoms with E-state index in [0.29, 0.717) is 12.4 Å². The van der Waals surface area contributed by atoms with Gasteiger partial charge < -0.3 is 9.84 Å². The Morgan fingerprint density at radius 2 is 1.75 bits per heavy atom. The Balaban J connectivity index is 1.60. The molecule has 4 heteroatoms. The van der Waals surface area contributed by atoms with E-state index < -0.39 is 0 Å². The molecule has 0 fully saturated rings. The van der Waals surface area contributed by atoms with Crippen molar-refractivity contribution >= 4 is 11.8 Å². The van der Waals surface area contributed by atoms with E-state index >= 15 is 0 Å². The lowest BCUT2D eigenvalue weighted by atomic mass is 10.3. The molecule has 0 aliphatic rings. The lowest BCUT2D eigenvalue weighted by Crippen LogP contribution is -1.99. The number of aromatic hydroxyl groups is 1. The van der Waals surface area contributed by atoms with Crippen molar-refractivity contribution in [2.75, 3.05) is 12.4 Å². The maximum Gasteiger partial charge on any atom is 0.165 e. The fourth-order valence-electron chi connectivity index (χ4n) is 1.68. The molecule has 20 heavy (non-hydrogen) atoms. The van der Waals surface area contributed by atoms with E-state index in [9.17, 15) is 9.50 Å². The predicted octanol–water partition coefficient (Wildman–Crippen LogP) is 4.48. The fourth-order valence-corrected chi connectivity index (χ4v) is 2.59. The summed E-state index contributed by atoms with van der Waals surface area (Å²) in [5.74, 6) is 1.27. The van der Waals surface area contributed by atoms with Crippen LogP contribution >= 0.6 is 11.8 Å². The van der Waals surface area contributed by atoms with Gasteiger partial charge >= 0.3 is 0 Å². The molecule has 1 N–H and O–H groups in total. The van der Waals surface area contributed by atoms with E-state index in [1.165, 1.54) is 6.07 Å². The smallest absolute Gasteiger partial charge is 0.165 e. The minimum atomic E-state index is -0.314. The molecule has 106 valence electrons. The van der Waals surface area contributed by atoms with Crippen LogP contribution in [0.2, 0.25) is 0 Å². The van der Waals surface area contributed by atoms with Gasteiger partial charge in [0.25, 0.3) is 0 Å². The number of rotatable bonds is 7. The first kappa shape index (κ1) is 14.7. The summed E-state index contributed by atoms with van der Waals surface area (Å²) >= 11 is 1.74. The summed E-state index contributed by atoms with van der Waals surface area (Å²) in [6, 6.07) is 13.6. The topological polar surface area (TPSA) is 29.5 Å². The van der Waals surface area contributed by atoms with Gasteiger partial charge in [-0.05, 0) is 55.0 Å². The minimum absolute atomic E-state index is 0.285. The Bertz CT molecular complexity index is 528. The summed E-state index contributed by atoms with van der Waals surface area (Å²) in [6.45, 7) is 0.525. The van der Waals surface area contributed by atoms with Crippen LogP contribution in [0.25, 0.3) is 0 Å². The molecule has 0 saturated heterocycles. The number of halogens is 1. The zero-order valence-corrected chi connectivity index (χ0v) is 11.9. The average Bonchev–Trinajstić information content (AvgIpc) is 2.46. The van der Waals surface area contributed by atoms with Gasteiger partial charge in [-0.2, -0.15) is 0 Å². The van der Waals surface area contributed by atoms with Crippen LogP contribution < -0.4 is 4.74 Å². The first-order valence-corrected chi connectivity index (χ1v) is 7.53. The molecule has 2 rings (SSSR count). The van der Waals surface area contributed by atoms with E-state index in [1.54, 1.807) is 42.1 Å². The number of para-hydroxylation sites is 1. The van der Waals surface area contributed by atoms with Gasteiger partial charge in [-0.1, -0.05) is 12.1 Å². The van der Waals surface area contributed by atoms with Crippen LogP contribution in [0.5, 0.6) is 11.5 Å². The molecule has 0 radical (unpaired) electrons. The standard InChI is InChI=1S/C16H17FO2S/c17-15-5-1-2-6-16(15)19-11-3-4-12-20-14-9-7-13(18)8-10-14/h1-2,5-10,18H,3-4,11-12H2. The van der Waals surface area contributed by atoms with Gasteiger partial charge in [0.05, 0.1) is 6.61 Å². The molecule has 0 atom stereocenters. The molecular formula is C16H17FO2S. The number of ether oxygens (including phenoxy) is 1. The van der Waals surface area contributed by atoms with E-state index in [1.807, 2.05) is 12.1 Å². The molecule has 0 spiro atoms. The molecule has 0 unspecified atom stereocenters. The molecule has 0 bridgehead atoms. The number of phenolic OH excluding ortho intramolecular Hbond substituents is 1. The van der Waals surface area contributed by atoms with E-state index in [0.717, 1.165) is 23.5 Å². The van der Waals surface area contributed by atoms with Crippen molar-refractivity contribution in [1.82, 2.24) is 0 Å². The summed E-state index contributed by atoms with van der Waals surface area (Å²) in [7, 11) is 0. The van der Waals surface area contributed by atoms with Gasteiger partial charge in [-0.3, -0.25) is 0 Å². The zero-order chi connectivity index (χ0) is 14.2. The summed E-state index contributed by atoms with van der Waals surface area (Å²) in [4.78, 5) is 1.14. The van der Waals surface area contributed by atoms with Gasteiger partial charge in [0, 0.05) is 4.90 Å². The number of thioether (sulfide) groups is 1. The van der Waals surface area contributed by atoms with Crippen LogP contribution in [0.4, 0.5) is 4.39 Å². The third kappa shape index (κ3) is 4.78. The highest BCUT2D eigenvalue weighted by Crippen LogP contribution is 2.22. The molecule has 0 saturated carbocycles. The Labute approximate surface area is 122 Å². The molecule has 0 heterocycles. The van der Waals surface area contributed by atoms with Crippen molar-refractivity contribution in [3.8, 4) is 11.5 Å². The lowest BCUT2D eigenvalue weighted by Gasteiger charge is -2.06. The van der Waals surface area contributed by atoms with Gasteiger partial charge in [0.1, 0.15) is 5.75 Å². The van der Waals surface area contributed by atoms with Crippen LogP contribution in [-0.4, -0.2) is 17.5 Å². The highest BCUT2D eigenvalue weighted by atomic mass is 32.2. The molecule has 2 aromatic carbocycles. The van der Waals surface area contributed by atoms with Crippen LogP contribution in [0.3, 0.4) is 0 Å². The largest absolute Gasteiger partial charge is 0.508 e. The van der Waals surface area contributed by atoms with Crippen molar-refractivity contribution in [3.05, 3.63) is 54.3 Å². The minimum Gasteiger partial charge on any atom is -0.508 e. The van der Waals surface area contributed by atoms with Crippen molar-refractivity contribution < 1.29 is 14.2 Å². The molecular weight excluding hydrogens is 275 g/mol. The van der Waals surface area contributed by atoms with E-state index in [4.69, 9.17) is 4.74 Å². The summed E-state index contributed by atoms with van der Waals surface area (Å²) in [6.07, 6.45) is 1.89. The van der Waals surface area contributed by atoms with Gasteiger partial charge in [0.15, 0.2) is 11.6 Å². The van der Waals surface area contributed by atoms with Crippen molar-refractivity contribution in [1.29, 1.82) is 0 Å². The van der Waals surface area contributed by atoms with Crippen LogP contribution in [-0.2, 0) is 0 Å². The molecule has 0 aliphatic heterocycles. The third-order valence-electron chi connectivity index (χ3n) is 2.74.